The number of rotatable bonds is 6. The lowest BCUT2D eigenvalue weighted by Gasteiger charge is -2.08. The molecule has 0 aliphatic carbocycles. The second-order valence-corrected chi connectivity index (χ2v) is 4.65. The summed E-state index contributed by atoms with van der Waals surface area (Å²) in [5, 5.41) is 3.35. The first-order valence-corrected chi connectivity index (χ1v) is 6.82. The molecule has 0 aromatic carbocycles. The first-order chi connectivity index (χ1) is 9.22. The highest BCUT2D eigenvalue weighted by Crippen LogP contribution is 2.08. The third kappa shape index (κ3) is 3.50. The number of aromatic nitrogens is 2. The van der Waals surface area contributed by atoms with Crippen LogP contribution in [0.15, 0.2) is 41.6 Å². The molecule has 0 unspecified atom stereocenters. The fourth-order valence-electron chi connectivity index (χ4n) is 2.05. The number of nitrogens with zero attached hydrogens (tertiary/aromatic N) is 2. The molecule has 0 saturated carbocycles. The second-order valence-electron chi connectivity index (χ2n) is 4.65. The molecule has 2 aromatic rings. The average Bonchev–Trinajstić information content (AvgIpc) is 2.88. The van der Waals surface area contributed by atoms with Gasteiger partial charge in [0.05, 0.1) is 5.69 Å². The lowest BCUT2D eigenvalue weighted by molar-refractivity contribution is 0.655. The van der Waals surface area contributed by atoms with Gasteiger partial charge in [-0.15, -0.1) is 0 Å². The highest BCUT2D eigenvalue weighted by molar-refractivity contribution is 5.41. The van der Waals surface area contributed by atoms with Crippen LogP contribution in [0.5, 0.6) is 0 Å². The molecular weight excluding hydrogens is 238 g/mol. The standard InChI is InChI=1S/C15H21N3O/c1-3-8-18-12-14(5-6-15(18)19)16-10-13-7-9-17(4-2)11-13/h5-7,9,11-12,16H,3-4,8,10H2,1-2H3. The van der Waals surface area contributed by atoms with E-state index >= 15 is 0 Å². The Kier molecular flexibility index (Phi) is 4.44. The molecule has 0 aliphatic heterocycles. The van der Waals surface area contributed by atoms with E-state index in [0.29, 0.717) is 0 Å². The van der Waals surface area contributed by atoms with Gasteiger partial charge in [0.1, 0.15) is 0 Å². The maximum absolute atomic E-state index is 11.6. The Hall–Kier alpha value is -1.97. The Balaban J connectivity index is 2.02. The second kappa shape index (κ2) is 6.27. The minimum Gasteiger partial charge on any atom is -0.380 e. The Bertz CT molecular complexity index is 583. The third-order valence-electron chi connectivity index (χ3n) is 3.12. The fourth-order valence-corrected chi connectivity index (χ4v) is 2.05. The Morgan fingerprint density at radius 2 is 2.00 bits per heavy atom. The van der Waals surface area contributed by atoms with Crippen molar-refractivity contribution in [3.8, 4) is 0 Å². The van der Waals surface area contributed by atoms with Crippen molar-refractivity contribution in [3.63, 3.8) is 0 Å². The van der Waals surface area contributed by atoms with Gasteiger partial charge in [0, 0.05) is 44.3 Å². The molecule has 0 spiro atoms. The lowest BCUT2D eigenvalue weighted by atomic mass is 10.3. The van der Waals surface area contributed by atoms with E-state index in [0.717, 1.165) is 31.7 Å². The summed E-state index contributed by atoms with van der Waals surface area (Å²) >= 11 is 0. The van der Waals surface area contributed by atoms with Crippen LogP contribution in [0.25, 0.3) is 0 Å². The third-order valence-corrected chi connectivity index (χ3v) is 3.12. The maximum atomic E-state index is 11.6. The molecular formula is C15H21N3O. The van der Waals surface area contributed by atoms with Gasteiger partial charge in [-0.3, -0.25) is 4.79 Å². The number of hydrogen-bond acceptors (Lipinski definition) is 2. The quantitative estimate of drug-likeness (QED) is 0.866. The molecule has 2 aromatic heterocycles. The van der Waals surface area contributed by atoms with Crippen LogP contribution in [0, 0.1) is 0 Å². The molecule has 19 heavy (non-hydrogen) atoms. The molecule has 0 amide bonds. The van der Waals surface area contributed by atoms with Gasteiger partial charge in [0.2, 0.25) is 0 Å². The Morgan fingerprint density at radius 1 is 1.16 bits per heavy atom. The Morgan fingerprint density at radius 3 is 2.68 bits per heavy atom. The molecule has 0 aliphatic rings. The van der Waals surface area contributed by atoms with Crippen molar-refractivity contribution in [1.82, 2.24) is 9.13 Å². The lowest BCUT2D eigenvalue weighted by Crippen LogP contribution is -2.18. The van der Waals surface area contributed by atoms with E-state index in [9.17, 15) is 4.79 Å². The van der Waals surface area contributed by atoms with Crippen molar-refractivity contribution < 1.29 is 0 Å². The summed E-state index contributed by atoms with van der Waals surface area (Å²) in [6, 6.07) is 5.57. The van der Waals surface area contributed by atoms with Crippen LogP contribution in [0.3, 0.4) is 0 Å². The van der Waals surface area contributed by atoms with E-state index in [4.69, 9.17) is 0 Å². The first-order valence-electron chi connectivity index (χ1n) is 6.82. The van der Waals surface area contributed by atoms with Crippen LogP contribution < -0.4 is 10.9 Å². The summed E-state index contributed by atoms with van der Waals surface area (Å²) in [6.45, 7) is 6.72. The van der Waals surface area contributed by atoms with E-state index in [-0.39, 0.29) is 5.56 Å². The zero-order chi connectivity index (χ0) is 13.7. The summed E-state index contributed by atoms with van der Waals surface area (Å²) in [5.41, 5.74) is 2.29. The Labute approximate surface area is 113 Å². The van der Waals surface area contributed by atoms with E-state index in [1.807, 2.05) is 12.3 Å². The number of aryl methyl sites for hydroxylation is 2. The topological polar surface area (TPSA) is 39.0 Å². The zero-order valence-electron chi connectivity index (χ0n) is 11.6. The van der Waals surface area contributed by atoms with Crippen molar-refractivity contribution in [1.29, 1.82) is 0 Å². The summed E-state index contributed by atoms with van der Waals surface area (Å²) in [7, 11) is 0. The van der Waals surface area contributed by atoms with Crippen LogP contribution >= 0.6 is 0 Å². The molecule has 2 heterocycles. The van der Waals surface area contributed by atoms with E-state index in [1.54, 1.807) is 10.6 Å². The molecule has 4 nitrogen and oxygen atoms in total. The van der Waals surface area contributed by atoms with Gasteiger partial charge in [-0.2, -0.15) is 0 Å². The molecule has 1 N–H and O–H groups in total. The predicted molar refractivity (Wildman–Crippen MR) is 78.4 cm³/mol. The molecule has 102 valence electrons. The smallest absolute Gasteiger partial charge is 0.250 e. The van der Waals surface area contributed by atoms with Gasteiger partial charge in [-0.05, 0) is 31.0 Å². The normalized spacial score (nSPS) is 10.6. The molecule has 0 atom stereocenters. The van der Waals surface area contributed by atoms with Gasteiger partial charge in [-0.1, -0.05) is 6.92 Å². The first kappa shape index (κ1) is 13.5. The number of pyridine rings is 1. The minimum absolute atomic E-state index is 0.0598. The predicted octanol–water partition coefficient (Wildman–Crippen LogP) is 2.69. The number of anilines is 1. The number of hydrogen-bond donors (Lipinski definition) is 1. The average molecular weight is 259 g/mol. The fraction of sp³-hybridized carbons (Fsp3) is 0.400. The minimum atomic E-state index is 0.0598. The van der Waals surface area contributed by atoms with E-state index in [1.165, 1.54) is 5.56 Å². The monoisotopic (exact) mass is 259 g/mol. The summed E-state index contributed by atoms with van der Waals surface area (Å²) < 4.78 is 3.90. The van der Waals surface area contributed by atoms with Crippen molar-refractivity contribution >= 4 is 5.69 Å². The van der Waals surface area contributed by atoms with Gasteiger partial charge in [-0.25, -0.2) is 0 Å². The highest BCUT2D eigenvalue weighted by Gasteiger charge is 1.99. The molecule has 0 radical (unpaired) electrons. The largest absolute Gasteiger partial charge is 0.380 e. The summed E-state index contributed by atoms with van der Waals surface area (Å²) in [5.74, 6) is 0. The highest BCUT2D eigenvalue weighted by atomic mass is 16.1. The van der Waals surface area contributed by atoms with Crippen molar-refractivity contribution in [2.75, 3.05) is 5.32 Å². The van der Waals surface area contributed by atoms with Crippen molar-refractivity contribution in [2.45, 2.75) is 39.9 Å². The number of nitrogens with one attached hydrogen (secondary N) is 1. The van der Waals surface area contributed by atoms with Gasteiger partial charge in [0.15, 0.2) is 0 Å². The van der Waals surface area contributed by atoms with Crippen molar-refractivity contribution in [3.05, 3.63) is 52.7 Å². The van der Waals surface area contributed by atoms with Gasteiger partial charge < -0.3 is 14.5 Å². The maximum Gasteiger partial charge on any atom is 0.250 e. The van der Waals surface area contributed by atoms with Crippen molar-refractivity contribution in [2.24, 2.45) is 0 Å². The molecule has 0 saturated heterocycles. The van der Waals surface area contributed by atoms with Gasteiger partial charge in [0.25, 0.3) is 5.56 Å². The van der Waals surface area contributed by atoms with Gasteiger partial charge >= 0.3 is 0 Å². The van der Waals surface area contributed by atoms with Crippen LogP contribution in [0.2, 0.25) is 0 Å². The summed E-state index contributed by atoms with van der Waals surface area (Å²) in [6.07, 6.45) is 7.06. The molecule has 4 heteroatoms. The molecule has 0 fully saturated rings. The van der Waals surface area contributed by atoms with E-state index in [2.05, 4.69) is 42.2 Å². The summed E-state index contributed by atoms with van der Waals surface area (Å²) in [4.78, 5) is 11.6. The SMILES string of the molecule is CCCn1cc(NCc2ccn(CC)c2)ccc1=O. The van der Waals surface area contributed by atoms with Crippen LogP contribution in [-0.2, 0) is 19.6 Å². The zero-order valence-corrected chi connectivity index (χ0v) is 11.6. The van der Waals surface area contributed by atoms with Crippen LogP contribution in [0.1, 0.15) is 25.8 Å². The molecule has 2 rings (SSSR count). The molecule has 0 bridgehead atoms. The van der Waals surface area contributed by atoms with E-state index < -0.39 is 0 Å². The van der Waals surface area contributed by atoms with Crippen LogP contribution in [0.4, 0.5) is 5.69 Å². The van der Waals surface area contributed by atoms with Crippen LogP contribution in [-0.4, -0.2) is 9.13 Å².